The summed E-state index contributed by atoms with van der Waals surface area (Å²) in [6.45, 7) is 2.72. The lowest BCUT2D eigenvalue weighted by Crippen LogP contribution is -2.33. The lowest BCUT2D eigenvalue weighted by Gasteiger charge is -2.20. The normalized spacial score (nSPS) is 9.94. The van der Waals surface area contributed by atoms with E-state index in [-0.39, 0.29) is 18.3 Å². The van der Waals surface area contributed by atoms with E-state index in [1.54, 1.807) is 23.2 Å². The molecule has 0 N–H and O–H groups in total. The first-order chi connectivity index (χ1) is 8.60. The third kappa shape index (κ3) is 3.80. The standard InChI is InChI=1S/C12H15BrN2O3/c1-3-15(8-6-10(16)18-2)12(17)9-5-4-7-14-11(9)13/h4-5,7H,3,6,8H2,1-2H3. The molecule has 0 radical (unpaired) electrons. The highest BCUT2D eigenvalue weighted by Gasteiger charge is 2.18. The van der Waals surface area contributed by atoms with Gasteiger partial charge in [-0.05, 0) is 35.0 Å². The number of methoxy groups -OCH3 is 1. The molecular weight excluding hydrogens is 300 g/mol. The van der Waals surface area contributed by atoms with E-state index < -0.39 is 0 Å². The minimum absolute atomic E-state index is 0.152. The first kappa shape index (κ1) is 14.6. The van der Waals surface area contributed by atoms with Gasteiger partial charge in [-0.3, -0.25) is 9.59 Å². The molecule has 0 unspecified atom stereocenters. The first-order valence-electron chi connectivity index (χ1n) is 5.56. The number of hydrogen-bond donors (Lipinski definition) is 0. The second-order valence-corrected chi connectivity index (χ2v) is 4.30. The molecule has 0 fully saturated rings. The average Bonchev–Trinajstić information content (AvgIpc) is 2.39. The fourth-order valence-corrected chi connectivity index (χ4v) is 1.87. The quantitative estimate of drug-likeness (QED) is 0.615. The molecule has 0 spiro atoms. The molecule has 0 aromatic carbocycles. The predicted octanol–water partition coefficient (Wildman–Crippen LogP) is 1.87. The Hall–Kier alpha value is -1.43. The Kier molecular flexibility index (Phi) is 5.77. The monoisotopic (exact) mass is 314 g/mol. The summed E-state index contributed by atoms with van der Waals surface area (Å²) < 4.78 is 5.06. The summed E-state index contributed by atoms with van der Waals surface area (Å²) in [6, 6.07) is 3.40. The molecule has 1 heterocycles. The van der Waals surface area contributed by atoms with Crippen LogP contribution in [0.4, 0.5) is 0 Å². The molecule has 0 aliphatic rings. The third-order valence-electron chi connectivity index (χ3n) is 2.47. The van der Waals surface area contributed by atoms with Gasteiger partial charge in [-0.1, -0.05) is 0 Å². The van der Waals surface area contributed by atoms with Crippen molar-refractivity contribution >= 4 is 27.8 Å². The van der Waals surface area contributed by atoms with E-state index >= 15 is 0 Å². The highest BCUT2D eigenvalue weighted by atomic mass is 79.9. The van der Waals surface area contributed by atoms with Crippen molar-refractivity contribution < 1.29 is 14.3 Å². The van der Waals surface area contributed by atoms with Crippen LogP contribution >= 0.6 is 15.9 Å². The van der Waals surface area contributed by atoms with Crippen LogP contribution < -0.4 is 0 Å². The Balaban J connectivity index is 2.74. The molecule has 0 aliphatic heterocycles. The van der Waals surface area contributed by atoms with Gasteiger partial charge < -0.3 is 9.64 Å². The Morgan fingerprint density at radius 2 is 2.22 bits per heavy atom. The molecule has 0 atom stereocenters. The van der Waals surface area contributed by atoms with Crippen LogP contribution in [0.2, 0.25) is 0 Å². The van der Waals surface area contributed by atoms with E-state index in [1.165, 1.54) is 7.11 Å². The van der Waals surface area contributed by atoms with E-state index in [0.29, 0.717) is 23.3 Å². The Morgan fingerprint density at radius 3 is 2.78 bits per heavy atom. The van der Waals surface area contributed by atoms with Crippen LogP contribution in [0.15, 0.2) is 22.9 Å². The van der Waals surface area contributed by atoms with Crippen molar-refractivity contribution in [1.82, 2.24) is 9.88 Å². The van der Waals surface area contributed by atoms with Crippen molar-refractivity contribution in [2.24, 2.45) is 0 Å². The molecule has 1 rings (SSSR count). The summed E-state index contributed by atoms with van der Waals surface area (Å²) in [4.78, 5) is 28.9. The van der Waals surface area contributed by atoms with E-state index in [4.69, 9.17) is 0 Å². The van der Waals surface area contributed by atoms with Gasteiger partial charge in [-0.2, -0.15) is 0 Å². The van der Waals surface area contributed by atoms with Gasteiger partial charge in [-0.25, -0.2) is 4.98 Å². The van der Waals surface area contributed by atoms with Crippen molar-refractivity contribution in [2.45, 2.75) is 13.3 Å². The number of hydrogen-bond acceptors (Lipinski definition) is 4. The number of carbonyl (C=O) groups excluding carboxylic acids is 2. The zero-order chi connectivity index (χ0) is 13.5. The lowest BCUT2D eigenvalue weighted by atomic mass is 10.2. The third-order valence-corrected chi connectivity index (χ3v) is 3.10. The molecular formula is C12H15BrN2O3. The van der Waals surface area contributed by atoms with Crippen LogP contribution in [-0.2, 0) is 9.53 Å². The van der Waals surface area contributed by atoms with Gasteiger partial charge in [0.2, 0.25) is 0 Å². The van der Waals surface area contributed by atoms with E-state index in [2.05, 4.69) is 25.7 Å². The highest BCUT2D eigenvalue weighted by molar-refractivity contribution is 9.10. The Labute approximate surface area is 114 Å². The Bertz CT molecular complexity index is 437. The summed E-state index contributed by atoms with van der Waals surface area (Å²) in [5.41, 5.74) is 0.490. The number of nitrogens with zero attached hydrogens (tertiary/aromatic N) is 2. The second kappa shape index (κ2) is 7.10. The predicted molar refractivity (Wildman–Crippen MR) is 70.1 cm³/mol. The zero-order valence-corrected chi connectivity index (χ0v) is 11.9. The van der Waals surface area contributed by atoms with Gasteiger partial charge >= 0.3 is 5.97 Å². The molecule has 0 saturated carbocycles. The van der Waals surface area contributed by atoms with Crippen molar-refractivity contribution in [2.75, 3.05) is 20.2 Å². The fourth-order valence-electron chi connectivity index (χ4n) is 1.45. The maximum Gasteiger partial charge on any atom is 0.307 e. The van der Waals surface area contributed by atoms with E-state index in [0.717, 1.165) is 0 Å². The van der Waals surface area contributed by atoms with Crippen LogP contribution in [-0.4, -0.2) is 42.0 Å². The smallest absolute Gasteiger partial charge is 0.307 e. The summed E-state index contributed by atoms with van der Waals surface area (Å²) in [5.74, 6) is -0.479. The van der Waals surface area contributed by atoms with E-state index in [1.807, 2.05) is 6.92 Å². The molecule has 0 bridgehead atoms. The molecule has 1 aromatic rings. The van der Waals surface area contributed by atoms with Crippen LogP contribution in [0.5, 0.6) is 0 Å². The zero-order valence-electron chi connectivity index (χ0n) is 10.4. The SMILES string of the molecule is CCN(CCC(=O)OC)C(=O)c1cccnc1Br. The van der Waals surface area contributed by atoms with Crippen molar-refractivity contribution in [3.05, 3.63) is 28.5 Å². The van der Waals surface area contributed by atoms with Gasteiger partial charge in [0.15, 0.2) is 0 Å². The van der Waals surface area contributed by atoms with Gasteiger partial charge in [0.1, 0.15) is 4.60 Å². The van der Waals surface area contributed by atoms with Gasteiger partial charge in [0.05, 0.1) is 19.1 Å². The number of amides is 1. The largest absolute Gasteiger partial charge is 0.469 e. The molecule has 98 valence electrons. The van der Waals surface area contributed by atoms with Gasteiger partial charge in [0.25, 0.3) is 5.91 Å². The van der Waals surface area contributed by atoms with E-state index in [9.17, 15) is 9.59 Å². The number of aromatic nitrogens is 1. The molecule has 0 aliphatic carbocycles. The molecule has 1 aromatic heterocycles. The number of halogens is 1. The first-order valence-corrected chi connectivity index (χ1v) is 6.36. The Morgan fingerprint density at radius 1 is 1.50 bits per heavy atom. The van der Waals surface area contributed by atoms with Crippen LogP contribution in [0, 0.1) is 0 Å². The fraction of sp³-hybridized carbons (Fsp3) is 0.417. The average molecular weight is 315 g/mol. The van der Waals surface area contributed by atoms with Crippen LogP contribution in [0.3, 0.4) is 0 Å². The minimum atomic E-state index is -0.327. The number of ether oxygens (including phenoxy) is 1. The molecule has 0 saturated heterocycles. The second-order valence-electron chi connectivity index (χ2n) is 3.55. The summed E-state index contributed by atoms with van der Waals surface area (Å²) in [6.07, 6.45) is 1.79. The topological polar surface area (TPSA) is 59.5 Å². The maximum atomic E-state index is 12.2. The van der Waals surface area contributed by atoms with Crippen LogP contribution in [0.25, 0.3) is 0 Å². The summed E-state index contributed by atoms with van der Waals surface area (Å²) >= 11 is 3.24. The number of rotatable bonds is 5. The van der Waals surface area contributed by atoms with Gasteiger partial charge in [0, 0.05) is 19.3 Å². The molecule has 18 heavy (non-hydrogen) atoms. The molecule has 5 nitrogen and oxygen atoms in total. The number of carbonyl (C=O) groups is 2. The maximum absolute atomic E-state index is 12.2. The summed E-state index contributed by atoms with van der Waals surface area (Å²) in [5, 5.41) is 0. The molecule has 1 amide bonds. The molecule has 6 heteroatoms. The highest BCUT2D eigenvalue weighted by Crippen LogP contribution is 2.15. The van der Waals surface area contributed by atoms with Gasteiger partial charge in [-0.15, -0.1) is 0 Å². The van der Waals surface area contributed by atoms with Crippen LogP contribution in [0.1, 0.15) is 23.7 Å². The van der Waals surface area contributed by atoms with Crippen molar-refractivity contribution in [3.63, 3.8) is 0 Å². The van der Waals surface area contributed by atoms with Crippen molar-refractivity contribution in [1.29, 1.82) is 0 Å². The number of pyridine rings is 1. The lowest BCUT2D eigenvalue weighted by molar-refractivity contribution is -0.140. The number of esters is 1. The van der Waals surface area contributed by atoms with Crippen molar-refractivity contribution in [3.8, 4) is 0 Å². The summed E-state index contributed by atoms with van der Waals surface area (Å²) in [7, 11) is 1.33. The minimum Gasteiger partial charge on any atom is -0.469 e.